The van der Waals surface area contributed by atoms with Gasteiger partial charge in [-0.3, -0.25) is 4.90 Å². The molecule has 1 aliphatic rings. The number of halogens is 1. The molecule has 148 valence electrons. The molecule has 2 heterocycles. The topological polar surface area (TPSA) is 112 Å². The Morgan fingerprint density at radius 3 is 2.85 bits per heavy atom. The van der Waals surface area contributed by atoms with E-state index in [1.54, 1.807) is 12.1 Å². The van der Waals surface area contributed by atoms with Crippen molar-refractivity contribution < 1.29 is 22.3 Å². The first-order valence-corrected chi connectivity index (χ1v) is 9.87. The molecule has 0 amide bonds. The van der Waals surface area contributed by atoms with Gasteiger partial charge in [-0.2, -0.15) is 17.4 Å². The molecule has 2 N–H and O–H groups in total. The lowest BCUT2D eigenvalue weighted by atomic mass is 10.0. The highest BCUT2D eigenvalue weighted by Crippen LogP contribution is 2.20. The molecule has 1 aromatic heterocycles. The van der Waals surface area contributed by atoms with E-state index in [0.29, 0.717) is 31.0 Å². The summed E-state index contributed by atoms with van der Waals surface area (Å²) in [7, 11) is -0.752. The fraction of sp³-hybridized carbons (Fsp3) is 0.500. The van der Waals surface area contributed by atoms with Gasteiger partial charge < -0.3 is 9.52 Å². The molecular weight excluding hydrogens is 377 g/mol. The van der Waals surface area contributed by atoms with Crippen LogP contribution in [0.4, 0.5) is 4.39 Å². The summed E-state index contributed by atoms with van der Waals surface area (Å²) in [5, 5.41) is 18.2. The smallest absolute Gasteiger partial charge is 0.279 e. The summed E-state index contributed by atoms with van der Waals surface area (Å²) < 4.78 is 46.3. The molecule has 0 radical (unpaired) electrons. The van der Waals surface area contributed by atoms with Gasteiger partial charge in [0, 0.05) is 32.7 Å². The minimum absolute atomic E-state index is 0.221. The third-order valence-corrected chi connectivity index (χ3v) is 5.91. The molecule has 2 aromatic rings. The predicted octanol–water partition coefficient (Wildman–Crippen LogP) is 0.207. The lowest BCUT2D eigenvalue weighted by Crippen LogP contribution is -2.55. The summed E-state index contributed by atoms with van der Waals surface area (Å²) in [4.78, 5) is 1.90. The molecule has 1 fully saturated rings. The number of hydrogen-bond acceptors (Lipinski definition) is 7. The van der Waals surface area contributed by atoms with E-state index in [1.807, 2.05) is 4.90 Å². The molecule has 1 saturated heterocycles. The van der Waals surface area contributed by atoms with Crippen LogP contribution in [0.5, 0.6) is 0 Å². The van der Waals surface area contributed by atoms with Gasteiger partial charge in [-0.25, -0.2) is 4.39 Å². The molecule has 0 unspecified atom stereocenters. The summed E-state index contributed by atoms with van der Waals surface area (Å²) in [6.45, 7) is 1.13. The van der Waals surface area contributed by atoms with Crippen LogP contribution in [0.1, 0.15) is 12.3 Å². The van der Waals surface area contributed by atoms with Crippen molar-refractivity contribution in [1.82, 2.24) is 24.1 Å². The fourth-order valence-electron chi connectivity index (χ4n) is 2.82. The lowest BCUT2D eigenvalue weighted by Gasteiger charge is -2.35. The number of nitrogens with zero attached hydrogens (tertiary/aromatic N) is 4. The maximum atomic E-state index is 13.3. The van der Waals surface area contributed by atoms with Gasteiger partial charge in [-0.05, 0) is 24.6 Å². The van der Waals surface area contributed by atoms with E-state index in [9.17, 15) is 17.9 Å². The second kappa shape index (κ2) is 7.98. The Hall–Kier alpha value is -1.92. The van der Waals surface area contributed by atoms with E-state index in [-0.39, 0.29) is 12.4 Å². The maximum Gasteiger partial charge on any atom is 0.279 e. The van der Waals surface area contributed by atoms with Crippen LogP contribution in [-0.2, 0) is 16.8 Å². The molecule has 1 aromatic carbocycles. The average Bonchev–Trinajstić information content (AvgIpc) is 3.06. The zero-order chi connectivity index (χ0) is 19.6. The van der Waals surface area contributed by atoms with Crippen LogP contribution < -0.4 is 4.72 Å². The Labute approximate surface area is 157 Å². The Morgan fingerprint density at radius 2 is 2.19 bits per heavy atom. The monoisotopic (exact) mass is 399 g/mol. The number of aliphatic hydroxyl groups excluding tert-OH is 1. The number of rotatable bonds is 6. The zero-order valence-corrected chi connectivity index (χ0v) is 15.9. The highest BCUT2D eigenvalue weighted by atomic mass is 32.2. The highest BCUT2D eigenvalue weighted by molar-refractivity contribution is 7.87. The molecule has 3 rings (SSSR count). The van der Waals surface area contributed by atoms with E-state index in [2.05, 4.69) is 14.9 Å². The Morgan fingerprint density at radius 1 is 1.41 bits per heavy atom. The number of aromatic nitrogens is 2. The van der Waals surface area contributed by atoms with Crippen LogP contribution in [0.3, 0.4) is 0 Å². The van der Waals surface area contributed by atoms with E-state index in [4.69, 9.17) is 4.42 Å². The minimum atomic E-state index is -3.60. The average molecular weight is 399 g/mol. The molecule has 9 nitrogen and oxygen atoms in total. The number of likely N-dealkylation sites (tertiary alicyclic amines) is 1. The van der Waals surface area contributed by atoms with Crippen molar-refractivity contribution in [2.24, 2.45) is 0 Å². The molecule has 11 heteroatoms. The Kier molecular flexibility index (Phi) is 5.86. The number of hydrogen-bond donors (Lipinski definition) is 2. The van der Waals surface area contributed by atoms with Crippen molar-refractivity contribution in [1.29, 1.82) is 0 Å². The van der Waals surface area contributed by atoms with Gasteiger partial charge in [0.1, 0.15) is 5.82 Å². The Balaban J connectivity index is 1.59. The van der Waals surface area contributed by atoms with Gasteiger partial charge in [0.2, 0.25) is 11.8 Å². The molecule has 2 atom stereocenters. The first-order valence-electron chi connectivity index (χ1n) is 8.43. The third-order valence-electron chi connectivity index (χ3n) is 4.34. The number of aliphatic hydroxyl groups is 1. The highest BCUT2D eigenvalue weighted by Gasteiger charge is 2.32. The molecule has 0 bridgehead atoms. The molecule has 0 saturated carbocycles. The molecule has 27 heavy (non-hydrogen) atoms. The maximum absolute atomic E-state index is 13.3. The van der Waals surface area contributed by atoms with Gasteiger partial charge in [0.05, 0.1) is 18.7 Å². The summed E-state index contributed by atoms with van der Waals surface area (Å²) in [5.41, 5.74) is 0.491. The van der Waals surface area contributed by atoms with Crippen LogP contribution in [0.2, 0.25) is 0 Å². The van der Waals surface area contributed by atoms with Gasteiger partial charge in [0.25, 0.3) is 10.2 Å². The third kappa shape index (κ3) is 4.87. The lowest BCUT2D eigenvalue weighted by molar-refractivity contribution is 0.0406. The molecule has 0 spiro atoms. The summed E-state index contributed by atoms with van der Waals surface area (Å²) >= 11 is 0. The first kappa shape index (κ1) is 19.8. The second-order valence-corrected chi connectivity index (χ2v) is 8.53. The summed E-state index contributed by atoms with van der Waals surface area (Å²) in [5.74, 6) is 0.171. The summed E-state index contributed by atoms with van der Waals surface area (Å²) in [6, 6.07) is 5.32. The van der Waals surface area contributed by atoms with Crippen LogP contribution in [-0.4, -0.2) is 72.3 Å². The van der Waals surface area contributed by atoms with Crippen LogP contribution >= 0.6 is 0 Å². The molecule has 0 aliphatic carbocycles. The number of benzene rings is 1. The summed E-state index contributed by atoms with van der Waals surface area (Å²) in [6.07, 6.45) is -0.418. The second-order valence-electron chi connectivity index (χ2n) is 6.61. The standard InChI is InChI=1S/C16H22FN5O4S/c1-21(2)27(24,25)20-13-6-7-22(9-14(13)23)10-15-18-19-16(26-15)11-4-3-5-12(17)8-11/h3-5,8,13-14,20,23H,6-7,9-10H2,1-2H3/t13-,14-/m1/s1. The number of β-amino-alcohol motifs (C(OH)–C–C–N with tert-alkyl or cyclic N) is 1. The van der Waals surface area contributed by atoms with Gasteiger partial charge in [0.15, 0.2) is 0 Å². The van der Waals surface area contributed by atoms with E-state index >= 15 is 0 Å². The zero-order valence-electron chi connectivity index (χ0n) is 15.0. The predicted molar refractivity (Wildman–Crippen MR) is 95.1 cm³/mol. The van der Waals surface area contributed by atoms with Gasteiger partial charge >= 0.3 is 0 Å². The molecular formula is C16H22FN5O4S. The minimum Gasteiger partial charge on any atom is -0.419 e. The van der Waals surface area contributed by atoms with Crippen molar-refractivity contribution in [2.45, 2.75) is 25.1 Å². The number of piperidine rings is 1. The van der Waals surface area contributed by atoms with Crippen LogP contribution in [0.25, 0.3) is 11.5 Å². The number of nitrogens with one attached hydrogen (secondary N) is 1. The van der Waals surface area contributed by atoms with Gasteiger partial charge in [-0.1, -0.05) is 6.07 Å². The van der Waals surface area contributed by atoms with E-state index in [0.717, 1.165) is 4.31 Å². The van der Waals surface area contributed by atoms with Crippen LogP contribution in [0, 0.1) is 5.82 Å². The Bertz CT molecular complexity index is 888. The quantitative estimate of drug-likeness (QED) is 0.714. The van der Waals surface area contributed by atoms with E-state index < -0.39 is 28.2 Å². The van der Waals surface area contributed by atoms with Crippen molar-refractivity contribution >= 4 is 10.2 Å². The normalized spacial score (nSPS) is 21.7. The van der Waals surface area contributed by atoms with Crippen molar-refractivity contribution in [3.05, 3.63) is 36.0 Å². The SMILES string of the molecule is CN(C)S(=O)(=O)N[C@@H]1CCN(Cc2nnc(-c3cccc(F)c3)o2)C[C@H]1O. The van der Waals surface area contributed by atoms with E-state index in [1.165, 1.54) is 26.2 Å². The van der Waals surface area contributed by atoms with Crippen molar-refractivity contribution in [3.8, 4) is 11.5 Å². The van der Waals surface area contributed by atoms with Crippen molar-refractivity contribution in [2.75, 3.05) is 27.2 Å². The first-order chi connectivity index (χ1) is 12.7. The van der Waals surface area contributed by atoms with Gasteiger partial charge in [-0.15, -0.1) is 10.2 Å². The molecule has 1 aliphatic heterocycles. The van der Waals surface area contributed by atoms with Crippen LogP contribution in [0.15, 0.2) is 28.7 Å². The fourth-order valence-corrected chi connectivity index (χ4v) is 3.69. The largest absolute Gasteiger partial charge is 0.419 e. The van der Waals surface area contributed by atoms with Crippen molar-refractivity contribution in [3.63, 3.8) is 0 Å².